The number of carbonyl (C=O) groups excluding carboxylic acids is 2. The zero-order valence-electron chi connectivity index (χ0n) is 14.9. The van der Waals surface area contributed by atoms with Crippen molar-refractivity contribution in [3.63, 3.8) is 0 Å². The highest BCUT2D eigenvalue weighted by Gasteiger charge is 2.17. The molecule has 1 atom stereocenters. The van der Waals surface area contributed by atoms with Crippen molar-refractivity contribution in [2.45, 2.75) is 12.3 Å². The van der Waals surface area contributed by atoms with E-state index < -0.39 is 35.1 Å². The van der Waals surface area contributed by atoms with Crippen molar-refractivity contribution >= 4 is 34.3 Å². The Hall–Kier alpha value is -2.25. The van der Waals surface area contributed by atoms with Gasteiger partial charge in [0.05, 0.1) is 5.56 Å². The molecule has 1 amide bonds. The molecule has 2 aromatic carbocycles. The highest BCUT2D eigenvalue weighted by molar-refractivity contribution is 7.83. The first-order valence-electron chi connectivity index (χ1n) is 8.01. The number of halogens is 2. The van der Waals surface area contributed by atoms with Crippen LogP contribution in [0.15, 0.2) is 42.5 Å². The van der Waals surface area contributed by atoms with Gasteiger partial charge in [0.1, 0.15) is 5.82 Å². The predicted octanol–water partition coefficient (Wildman–Crippen LogP) is 3.17. The molecule has 0 aliphatic carbocycles. The monoisotopic (exact) mass is 411 g/mol. The van der Waals surface area contributed by atoms with Gasteiger partial charge in [0, 0.05) is 47.0 Å². The molecule has 0 saturated heterocycles. The summed E-state index contributed by atoms with van der Waals surface area (Å²) in [5, 5.41) is 0.219. The first-order chi connectivity index (χ1) is 12.8. The topological polar surface area (TPSA) is 63.7 Å². The summed E-state index contributed by atoms with van der Waals surface area (Å²) in [4.78, 5) is 25.5. The minimum Gasteiger partial charge on any atom is -0.452 e. The van der Waals surface area contributed by atoms with Crippen molar-refractivity contribution in [2.75, 3.05) is 19.9 Å². The predicted molar refractivity (Wildman–Crippen MR) is 102 cm³/mol. The van der Waals surface area contributed by atoms with Gasteiger partial charge in [-0.15, -0.1) is 0 Å². The Labute approximate surface area is 164 Å². The van der Waals surface area contributed by atoms with Gasteiger partial charge < -0.3 is 9.64 Å². The van der Waals surface area contributed by atoms with E-state index >= 15 is 0 Å². The van der Waals surface area contributed by atoms with Gasteiger partial charge in [-0.2, -0.15) is 0 Å². The average molecular weight is 412 g/mol. The van der Waals surface area contributed by atoms with Crippen LogP contribution in [0.1, 0.15) is 21.5 Å². The lowest BCUT2D eigenvalue weighted by molar-refractivity contribution is -0.133. The number of carbonyl (C=O) groups is 2. The van der Waals surface area contributed by atoms with Crippen LogP contribution in [-0.4, -0.2) is 40.9 Å². The minimum atomic E-state index is -1.03. The van der Waals surface area contributed by atoms with Gasteiger partial charge in [0.15, 0.2) is 6.61 Å². The molecule has 0 spiro atoms. The number of rotatable bonds is 7. The van der Waals surface area contributed by atoms with Crippen LogP contribution < -0.4 is 0 Å². The highest BCUT2D eigenvalue weighted by Crippen LogP contribution is 2.20. The van der Waals surface area contributed by atoms with Crippen LogP contribution in [0.5, 0.6) is 0 Å². The van der Waals surface area contributed by atoms with Crippen LogP contribution in [0, 0.1) is 5.82 Å². The molecule has 0 fully saturated rings. The van der Waals surface area contributed by atoms with Crippen LogP contribution in [-0.2, 0) is 32.6 Å². The number of hydrogen-bond acceptors (Lipinski definition) is 4. The number of likely N-dealkylation sites (N-methyl/N-ethyl adjacent to an activating group) is 1. The number of hydrogen-bond donors (Lipinski definition) is 0. The fourth-order valence-electron chi connectivity index (χ4n) is 2.35. The summed E-state index contributed by atoms with van der Waals surface area (Å²) in [7, 11) is 0.435. The van der Waals surface area contributed by atoms with E-state index in [0.29, 0.717) is 5.75 Å². The van der Waals surface area contributed by atoms with E-state index in [1.54, 1.807) is 30.5 Å². The van der Waals surface area contributed by atoms with E-state index in [-0.39, 0.29) is 22.7 Å². The lowest BCUT2D eigenvalue weighted by Crippen LogP contribution is -2.31. The summed E-state index contributed by atoms with van der Waals surface area (Å²) in [6.07, 6.45) is 1.57. The summed E-state index contributed by atoms with van der Waals surface area (Å²) < 4.78 is 30.1. The van der Waals surface area contributed by atoms with E-state index in [2.05, 4.69) is 0 Å². The van der Waals surface area contributed by atoms with E-state index in [9.17, 15) is 18.2 Å². The minimum absolute atomic E-state index is 0.0420. The molecule has 2 rings (SSSR count). The van der Waals surface area contributed by atoms with Crippen LogP contribution >= 0.6 is 11.6 Å². The quantitative estimate of drug-likeness (QED) is 0.656. The molecule has 0 heterocycles. The largest absolute Gasteiger partial charge is 0.452 e. The van der Waals surface area contributed by atoms with E-state index in [1.165, 1.54) is 30.1 Å². The molecule has 27 heavy (non-hydrogen) atoms. The summed E-state index contributed by atoms with van der Waals surface area (Å²) in [6.45, 7) is -0.523. The molecular weight excluding hydrogens is 393 g/mol. The van der Waals surface area contributed by atoms with Crippen LogP contribution in [0.4, 0.5) is 4.39 Å². The van der Waals surface area contributed by atoms with E-state index in [1.807, 2.05) is 0 Å². The number of nitrogens with zero attached hydrogens (tertiary/aromatic N) is 1. The molecule has 0 aromatic heterocycles. The smallest absolute Gasteiger partial charge is 0.338 e. The summed E-state index contributed by atoms with van der Waals surface area (Å²) in [5.41, 5.74) is 1.20. The molecule has 2 aromatic rings. The fourth-order valence-corrected chi connectivity index (χ4v) is 3.22. The molecule has 144 valence electrons. The fraction of sp³-hybridized carbons (Fsp3) is 0.263. The van der Waals surface area contributed by atoms with Crippen LogP contribution in [0.3, 0.4) is 0 Å². The van der Waals surface area contributed by atoms with E-state index in [0.717, 1.165) is 5.56 Å². The second kappa shape index (κ2) is 9.62. The van der Waals surface area contributed by atoms with Gasteiger partial charge in [-0.3, -0.25) is 9.00 Å². The molecule has 0 aliphatic rings. The Morgan fingerprint density at radius 2 is 1.93 bits per heavy atom. The normalized spacial score (nSPS) is 11.7. The van der Waals surface area contributed by atoms with Gasteiger partial charge in [0.2, 0.25) is 0 Å². The van der Waals surface area contributed by atoms with Crippen molar-refractivity contribution in [2.24, 2.45) is 0 Å². The first kappa shape index (κ1) is 21.1. The third-order valence-corrected chi connectivity index (χ3v) is 4.84. The maximum atomic E-state index is 13.8. The van der Waals surface area contributed by atoms with Crippen molar-refractivity contribution < 1.29 is 22.9 Å². The summed E-state index contributed by atoms with van der Waals surface area (Å²) in [5.74, 6) is -1.34. The standard InChI is InChI=1S/C19H19ClFNO4S/c1-22(10-15-16(20)7-4-8-17(15)21)18(23)11-26-19(24)14-6-3-5-13(9-14)12-27(2)25/h3-9H,10-12H2,1-2H3. The maximum absolute atomic E-state index is 13.8. The highest BCUT2D eigenvalue weighted by atomic mass is 35.5. The molecule has 1 unspecified atom stereocenters. The van der Waals surface area contributed by atoms with Crippen molar-refractivity contribution in [1.29, 1.82) is 0 Å². The van der Waals surface area contributed by atoms with Gasteiger partial charge in [0.25, 0.3) is 5.91 Å². The number of benzene rings is 2. The Balaban J connectivity index is 1.94. The molecule has 5 nitrogen and oxygen atoms in total. The molecule has 0 saturated carbocycles. The van der Waals surface area contributed by atoms with Crippen molar-refractivity contribution in [1.82, 2.24) is 4.90 Å². The molecule has 0 bridgehead atoms. The molecule has 8 heteroatoms. The lowest BCUT2D eigenvalue weighted by atomic mass is 10.1. The SMILES string of the molecule is CN(Cc1c(F)cccc1Cl)C(=O)COC(=O)c1cccc(CS(C)=O)c1. The van der Waals surface area contributed by atoms with Gasteiger partial charge >= 0.3 is 5.97 Å². The Morgan fingerprint density at radius 1 is 1.22 bits per heavy atom. The second-order valence-corrected chi connectivity index (χ2v) is 7.79. The van der Waals surface area contributed by atoms with Crippen molar-refractivity contribution in [3.8, 4) is 0 Å². The molecule has 0 aliphatic heterocycles. The van der Waals surface area contributed by atoms with Gasteiger partial charge in [-0.05, 0) is 29.8 Å². The molecular formula is C19H19ClFNO4S. The summed E-state index contributed by atoms with van der Waals surface area (Å²) in [6, 6.07) is 10.8. The van der Waals surface area contributed by atoms with E-state index in [4.69, 9.17) is 16.3 Å². The average Bonchev–Trinajstić information content (AvgIpc) is 2.62. The first-order valence-corrected chi connectivity index (χ1v) is 10.1. The van der Waals surface area contributed by atoms with Gasteiger partial charge in [-0.1, -0.05) is 29.8 Å². The number of esters is 1. The Morgan fingerprint density at radius 3 is 2.59 bits per heavy atom. The Kier molecular flexibility index (Phi) is 7.50. The third kappa shape index (κ3) is 6.15. The Bertz CT molecular complexity index is 854. The van der Waals surface area contributed by atoms with Crippen LogP contribution in [0.25, 0.3) is 0 Å². The number of ether oxygens (including phenoxy) is 1. The second-order valence-electron chi connectivity index (χ2n) is 5.94. The summed E-state index contributed by atoms with van der Waals surface area (Å²) >= 11 is 5.95. The maximum Gasteiger partial charge on any atom is 0.338 e. The zero-order chi connectivity index (χ0) is 20.0. The zero-order valence-corrected chi connectivity index (χ0v) is 16.5. The van der Waals surface area contributed by atoms with Crippen molar-refractivity contribution in [3.05, 3.63) is 70.0 Å². The van der Waals surface area contributed by atoms with Gasteiger partial charge in [-0.25, -0.2) is 9.18 Å². The lowest BCUT2D eigenvalue weighted by Gasteiger charge is -2.18. The number of amides is 1. The third-order valence-electron chi connectivity index (χ3n) is 3.74. The van der Waals surface area contributed by atoms with Crippen LogP contribution in [0.2, 0.25) is 5.02 Å². The molecule has 0 N–H and O–H groups in total. The molecule has 0 radical (unpaired) electrons.